The molecule has 3 rings (SSSR count). The number of anilines is 1. The van der Waals surface area contributed by atoms with Gasteiger partial charge in [-0.2, -0.15) is 0 Å². The first kappa shape index (κ1) is 20.2. The van der Waals surface area contributed by atoms with Crippen LogP contribution >= 0.6 is 0 Å². The second kappa shape index (κ2) is 7.80. The average molecular weight is 398 g/mol. The Bertz CT molecular complexity index is 1000. The smallest absolute Gasteiger partial charge is 0.326 e. The van der Waals surface area contributed by atoms with Crippen molar-refractivity contribution in [3.05, 3.63) is 69.8 Å². The third-order valence-corrected chi connectivity index (χ3v) is 4.63. The maximum atomic E-state index is 13.0. The highest BCUT2D eigenvalue weighted by Gasteiger charge is 2.51. The standard InChI is InChI=1S/C20H18N2O7/c1-2-29-18(24)12-21-16-9-4-3-8-15(16)20(26,19(21)25)11-17(23)13-6-5-7-14(10-13)22(27)28/h3-10,26H,2,11-12H2,1H3/t20-/m0/s1. The van der Waals surface area contributed by atoms with E-state index >= 15 is 0 Å². The van der Waals surface area contributed by atoms with Crippen LogP contribution in [0.2, 0.25) is 0 Å². The molecule has 9 heteroatoms. The number of hydrogen-bond acceptors (Lipinski definition) is 7. The van der Waals surface area contributed by atoms with Crippen LogP contribution in [0.15, 0.2) is 48.5 Å². The molecule has 9 nitrogen and oxygen atoms in total. The van der Waals surface area contributed by atoms with Gasteiger partial charge in [0.25, 0.3) is 11.6 Å². The third kappa shape index (κ3) is 3.72. The minimum atomic E-state index is -2.19. The fraction of sp³-hybridized carbons (Fsp3) is 0.250. The summed E-state index contributed by atoms with van der Waals surface area (Å²) in [6.45, 7) is 1.36. The highest BCUT2D eigenvalue weighted by molar-refractivity contribution is 6.12. The van der Waals surface area contributed by atoms with Crippen LogP contribution < -0.4 is 4.90 Å². The number of rotatable bonds is 7. The molecule has 0 unspecified atom stereocenters. The van der Waals surface area contributed by atoms with E-state index in [4.69, 9.17) is 4.74 Å². The fourth-order valence-corrected chi connectivity index (χ4v) is 3.30. The largest absolute Gasteiger partial charge is 0.465 e. The number of aliphatic hydroxyl groups is 1. The maximum absolute atomic E-state index is 13.0. The SMILES string of the molecule is CCOC(=O)CN1C(=O)[C@](O)(CC(=O)c2cccc([N+](=O)[O-])c2)c2ccccc21. The van der Waals surface area contributed by atoms with E-state index in [1.807, 2.05) is 0 Å². The molecule has 2 aromatic carbocycles. The first-order chi connectivity index (χ1) is 13.8. The molecule has 1 amide bonds. The van der Waals surface area contributed by atoms with Crippen LogP contribution in [0.1, 0.15) is 29.3 Å². The maximum Gasteiger partial charge on any atom is 0.326 e. The van der Waals surface area contributed by atoms with Gasteiger partial charge in [-0.1, -0.05) is 30.3 Å². The Balaban J connectivity index is 1.93. The molecule has 1 heterocycles. The number of amides is 1. The summed E-state index contributed by atoms with van der Waals surface area (Å²) >= 11 is 0. The molecular weight excluding hydrogens is 380 g/mol. The molecule has 0 saturated heterocycles. The van der Waals surface area contributed by atoms with Crippen molar-refractivity contribution in [1.29, 1.82) is 0 Å². The Kier molecular flexibility index (Phi) is 5.42. The van der Waals surface area contributed by atoms with Crippen molar-refractivity contribution in [2.75, 3.05) is 18.1 Å². The van der Waals surface area contributed by atoms with Crippen LogP contribution in [0.5, 0.6) is 0 Å². The minimum Gasteiger partial charge on any atom is -0.465 e. The van der Waals surface area contributed by atoms with Gasteiger partial charge in [-0.25, -0.2) is 0 Å². The lowest BCUT2D eigenvalue weighted by atomic mass is 9.88. The van der Waals surface area contributed by atoms with Crippen molar-refractivity contribution in [3.63, 3.8) is 0 Å². The normalized spacial score (nSPS) is 17.7. The Morgan fingerprint density at radius 2 is 1.93 bits per heavy atom. The lowest BCUT2D eigenvalue weighted by Gasteiger charge is -2.22. The van der Waals surface area contributed by atoms with Crippen molar-refractivity contribution in [3.8, 4) is 0 Å². The Labute approximate surface area is 165 Å². The summed E-state index contributed by atoms with van der Waals surface area (Å²) in [5, 5.41) is 22.1. The molecule has 0 fully saturated rings. The van der Waals surface area contributed by atoms with E-state index in [0.29, 0.717) is 5.69 Å². The summed E-state index contributed by atoms with van der Waals surface area (Å²) in [5.41, 5.74) is -1.97. The number of carbonyl (C=O) groups excluding carboxylic acids is 3. The van der Waals surface area contributed by atoms with Gasteiger partial charge < -0.3 is 9.84 Å². The van der Waals surface area contributed by atoms with Crippen LogP contribution in [0.3, 0.4) is 0 Å². The number of nitrogens with zero attached hydrogens (tertiary/aromatic N) is 2. The number of nitro benzene ring substituents is 1. The molecule has 0 saturated carbocycles. The number of ether oxygens (including phenoxy) is 1. The van der Waals surface area contributed by atoms with E-state index in [0.717, 1.165) is 11.0 Å². The van der Waals surface area contributed by atoms with Crippen molar-refractivity contribution < 1.29 is 29.2 Å². The predicted molar refractivity (Wildman–Crippen MR) is 101 cm³/mol. The number of hydrogen-bond donors (Lipinski definition) is 1. The zero-order valence-electron chi connectivity index (χ0n) is 15.5. The van der Waals surface area contributed by atoms with Gasteiger partial charge in [-0.15, -0.1) is 0 Å². The quantitative estimate of drug-likeness (QED) is 0.327. The van der Waals surface area contributed by atoms with Crippen LogP contribution in [0.4, 0.5) is 11.4 Å². The summed E-state index contributed by atoms with van der Waals surface area (Å²) in [6.07, 6.45) is -0.622. The van der Waals surface area contributed by atoms with Crippen molar-refractivity contribution >= 4 is 29.0 Å². The van der Waals surface area contributed by atoms with Gasteiger partial charge in [0.2, 0.25) is 0 Å². The van der Waals surface area contributed by atoms with Gasteiger partial charge in [0.1, 0.15) is 6.54 Å². The van der Waals surface area contributed by atoms with Crippen LogP contribution in [-0.4, -0.2) is 40.8 Å². The molecule has 1 N–H and O–H groups in total. The van der Waals surface area contributed by atoms with E-state index in [1.165, 1.54) is 24.3 Å². The average Bonchev–Trinajstić information content (AvgIpc) is 2.90. The fourth-order valence-electron chi connectivity index (χ4n) is 3.30. The zero-order valence-corrected chi connectivity index (χ0v) is 15.5. The Hall–Kier alpha value is -3.59. The molecule has 29 heavy (non-hydrogen) atoms. The van der Waals surface area contributed by atoms with Crippen molar-refractivity contribution in [2.45, 2.75) is 18.9 Å². The van der Waals surface area contributed by atoms with Crippen molar-refractivity contribution in [2.24, 2.45) is 0 Å². The second-order valence-corrected chi connectivity index (χ2v) is 6.48. The zero-order chi connectivity index (χ0) is 21.2. The van der Waals surface area contributed by atoms with E-state index in [9.17, 15) is 29.6 Å². The molecule has 0 radical (unpaired) electrons. The van der Waals surface area contributed by atoms with Gasteiger partial charge in [0.05, 0.1) is 23.6 Å². The molecule has 0 spiro atoms. The topological polar surface area (TPSA) is 127 Å². The summed E-state index contributed by atoms with van der Waals surface area (Å²) in [6, 6.07) is 11.4. The lowest BCUT2D eigenvalue weighted by molar-refractivity contribution is -0.384. The van der Waals surface area contributed by atoms with Crippen LogP contribution in [-0.2, 0) is 19.9 Å². The third-order valence-electron chi connectivity index (χ3n) is 4.63. The van der Waals surface area contributed by atoms with Gasteiger partial charge in [-0.3, -0.25) is 29.4 Å². The van der Waals surface area contributed by atoms with Crippen LogP contribution in [0.25, 0.3) is 0 Å². The van der Waals surface area contributed by atoms with Crippen molar-refractivity contribution in [1.82, 2.24) is 0 Å². The minimum absolute atomic E-state index is 0.00162. The number of ketones is 1. The van der Waals surface area contributed by atoms with Gasteiger partial charge in [-0.05, 0) is 13.0 Å². The number of para-hydroxylation sites is 1. The Morgan fingerprint density at radius 1 is 1.21 bits per heavy atom. The highest BCUT2D eigenvalue weighted by Crippen LogP contribution is 2.42. The molecule has 150 valence electrons. The van der Waals surface area contributed by atoms with E-state index < -0.39 is 41.1 Å². The lowest BCUT2D eigenvalue weighted by Crippen LogP contribution is -2.44. The summed E-state index contributed by atoms with van der Waals surface area (Å²) < 4.78 is 4.88. The van der Waals surface area contributed by atoms with E-state index in [-0.39, 0.29) is 23.4 Å². The molecule has 1 aliphatic heterocycles. The number of nitro groups is 1. The second-order valence-electron chi connectivity index (χ2n) is 6.48. The number of non-ortho nitro benzene ring substituents is 1. The van der Waals surface area contributed by atoms with Gasteiger partial charge in [0.15, 0.2) is 11.4 Å². The summed E-state index contributed by atoms with van der Waals surface area (Å²) in [5.74, 6) is -2.12. The predicted octanol–water partition coefficient (Wildman–Crippen LogP) is 1.97. The first-order valence-electron chi connectivity index (χ1n) is 8.85. The molecule has 0 aliphatic carbocycles. The van der Waals surface area contributed by atoms with E-state index in [1.54, 1.807) is 25.1 Å². The number of Topliss-reactive ketones (excluding diaryl/α,β-unsaturated/α-hetero) is 1. The number of fused-ring (bicyclic) bond motifs is 1. The van der Waals surface area contributed by atoms with Gasteiger partial charge >= 0.3 is 5.97 Å². The molecule has 0 bridgehead atoms. The first-order valence-corrected chi connectivity index (χ1v) is 8.85. The van der Waals surface area contributed by atoms with Crippen LogP contribution in [0, 0.1) is 10.1 Å². The number of esters is 1. The number of carbonyl (C=O) groups is 3. The molecule has 2 aromatic rings. The Morgan fingerprint density at radius 3 is 2.62 bits per heavy atom. The molecule has 1 aliphatic rings. The monoisotopic (exact) mass is 398 g/mol. The summed E-state index contributed by atoms with van der Waals surface area (Å²) in [4.78, 5) is 49.0. The molecule has 0 aromatic heterocycles. The molecular formula is C20H18N2O7. The highest BCUT2D eigenvalue weighted by atomic mass is 16.6. The van der Waals surface area contributed by atoms with E-state index in [2.05, 4.69) is 0 Å². The summed E-state index contributed by atoms with van der Waals surface area (Å²) in [7, 11) is 0. The molecule has 1 atom stereocenters. The van der Waals surface area contributed by atoms with Gasteiger partial charge in [0, 0.05) is 23.3 Å². The number of benzene rings is 2.